The molecule has 0 radical (unpaired) electrons. The molecule has 1 saturated heterocycles. The number of carbonyl (C=O) groups is 2. The number of ketones is 2. The molecule has 1 heterocycles. The fourth-order valence-corrected chi connectivity index (χ4v) is 6.45. The van der Waals surface area contributed by atoms with E-state index in [0.29, 0.717) is 18.6 Å². The molecular formula is C19H23FO3. The van der Waals surface area contributed by atoms with Gasteiger partial charge in [-0.05, 0) is 42.7 Å². The third-order valence-corrected chi connectivity index (χ3v) is 7.98. The number of carbonyl (C=O) groups excluding carboxylic acids is 2. The number of halogens is 1. The van der Waals surface area contributed by atoms with Crippen LogP contribution in [-0.4, -0.2) is 29.9 Å². The van der Waals surface area contributed by atoms with Gasteiger partial charge < -0.3 is 4.74 Å². The van der Waals surface area contributed by atoms with Crippen LogP contribution in [0, 0.1) is 28.6 Å². The van der Waals surface area contributed by atoms with Gasteiger partial charge in [-0.25, -0.2) is 4.39 Å². The normalized spacial score (nSPS) is 57.1. The molecule has 0 spiro atoms. The van der Waals surface area contributed by atoms with Crippen LogP contribution in [0.15, 0.2) is 11.6 Å². The Bertz CT molecular complexity index is 655. The molecule has 0 amide bonds. The summed E-state index contributed by atoms with van der Waals surface area (Å²) in [6.45, 7) is 4.04. The van der Waals surface area contributed by atoms with Crippen LogP contribution in [0.3, 0.4) is 0 Å². The van der Waals surface area contributed by atoms with Crippen LogP contribution >= 0.6 is 0 Å². The Morgan fingerprint density at radius 2 is 2.00 bits per heavy atom. The Labute approximate surface area is 135 Å². The highest BCUT2D eigenvalue weighted by molar-refractivity contribution is 5.97. The van der Waals surface area contributed by atoms with E-state index in [-0.39, 0.29) is 41.2 Å². The van der Waals surface area contributed by atoms with Gasteiger partial charge >= 0.3 is 0 Å². The number of ether oxygens (including phenoxy) is 1. The van der Waals surface area contributed by atoms with Crippen molar-refractivity contribution in [3.63, 3.8) is 0 Å². The highest BCUT2D eigenvalue weighted by Crippen LogP contribution is 2.65. The topological polar surface area (TPSA) is 46.7 Å². The molecule has 4 aliphatic carbocycles. The maximum absolute atomic E-state index is 15.1. The summed E-state index contributed by atoms with van der Waals surface area (Å²) in [7, 11) is 0. The lowest BCUT2D eigenvalue weighted by Crippen LogP contribution is -2.56. The standard InChI is InChI=1S/C19H23FO3/c1-18-6-5-10-16(9(18)3-4-15(18)22)12(21)7-11-17-13(23-17)8-14(20)19(10,11)2/h7,9-10,13-14,16-17H,3-6,8H2,1-2H3/t9-,10-,13+,14?,16-,17-,18-,19+/m0/s1. The highest BCUT2D eigenvalue weighted by Gasteiger charge is 2.67. The number of alkyl halides is 1. The van der Waals surface area contributed by atoms with Crippen molar-refractivity contribution in [3.05, 3.63) is 11.6 Å². The Hall–Kier alpha value is -1.03. The van der Waals surface area contributed by atoms with Gasteiger partial charge in [0.05, 0.1) is 6.10 Å². The van der Waals surface area contributed by atoms with Crippen molar-refractivity contribution in [1.82, 2.24) is 0 Å². The lowest BCUT2D eigenvalue weighted by atomic mass is 9.47. The second-order valence-corrected chi connectivity index (χ2v) is 8.74. The van der Waals surface area contributed by atoms with Crippen molar-refractivity contribution in [1.29, 1.82) is 0 Å². The van der Waals surface area contributed by atoms with Crippen LogP contribution in [0.25, 0.3) is 0 Å². The van der Waals surface area contributed by atoms with E-state index < -0.39 is 11.6 Å². The van der Waals surface area contributed by atoms with Crippen LogP contribution in [-0.2, 0) is 14.3 Å². The highest BCUT2D eigenvalue weighted by atomic mass is 19.1. The summed E-state index contributed by atoms with van der Waals surface area (Å²) in [5, 5.41) is 0. The lowest BCUT2D eigenvalue weighted by molar-refractivity contribution is -0.141. The van der Waals surface area contributed by atoms with Gasteiger partial charge in [0.2, 0.25) is 0 Å². The summed E-state index contributed by atoms with van der Waals surface area (Å²) in [5.74, 6) is 0.374. The first kappa shape index (κ1) is 14.3. The van der Waals surface area contributed by atoms with Gasteiger partial charge in [0.15, 0.2) is 5.78 Å². The minimum atomic E-state index is -0.945. The van der Waals surface area contributed by atoms with Crippen LogP contribution in [0.5, 0.6) is 0 Å². The molecule has 0 aromatic carbocycles. The Morgan fingerprint density at radius 1 is 1.22 bits per heavy atom. The number of Topliss-reactive ketones (excluding diaryl/α,β-unsaturated/α-hetero) is 1. The molecule has 0 aromatic heterocycles. The smallest absolute Gasteiger partial charge is 0.159 e. The Morgan fingerprint density at radius 3 is 2.78 bits per heavy atom. The van der Waals surface area contributed by atoms with E-state index in [2.05, 4.69) is 0 Å². The first-order valence-electron chi connectivity index (χ1n) is 8.96. The number of hydrogen-bond donors (Lipinski definition) is 0. The quantitative estimate of drug-likeness (QED) is 0.645. The molecule has 0 aromatic rings. The van der Waals surface area contributed by atoms with Gasteiger partial charge in [0.25, 0.3) is 0 Å². The number of hydrogen-bond acceptors (Lipinski definition) is 3. The summed E-state index contributed by atoms with van der Waals surface area (Å²) in [6, 6.07) is 0. The van der Waals surface area contributed by atoms with E-state index >= 15 is 4.39 Å². The third-order valence-electron chi connectivity index (χ3n) is 7.98. The van der Waals surface area contributed by atoms with Crippen molar-refractivity contribution >= 4 is 11.6 Å². The summed E-state index contributed by atoms with van der Waals surface area (Å²) in [5.41, 5.74) is -0.0404. The van der Waals surface area contributed by atoms with Crippen LogP contribution in [0.2, 0.25) is 0 Å². The maximum Gasteiger partial charge on any atom is 0.159 e. The van der Waals surface area contributed by atoms with E-state index in [1.807, 2.05) is 13.8 Å². The molecular weight excluding hydrogens is 295 g/mol. The molecule has 1 unspecified atom stereocenters. The molecule has 1 aliphatic heterocycles. The molecule has 4 heteroatoms. The summed E-state index contributed by atoms with van der Waals surface area (Å²) in [6.07, 6.45) is 4.11. The number of rotatable bonds is 0. The number of fused-ring (bicyclic) bond motifs is 7. The predicted molar refractivity (Wildman–Crippen MR) is 81.4 cm³/mol. The number of allylic oxidation sites excluding steroid dienone is 1. The Kier molecular flexibility index (Phi) is 2.58. The average molecular weight is 318 g/mol. The van der Waals surface area contributed by atoms with E-state index in [1.54, 1.807) is 6.08 Å². The SMILES string of the molecule is C[C@]12CC[C@H]3[C@@H](C(=O)C=C4[C@@H]5O[C@@H]5CC(F)[C@@]43C)[C@@H]1CCC2=O. The van der Waals surface area contributed by atoms with E-state index in [1.165, 1.54) is 0 Å². The third kappa shape index (κ3) is 1.54. The lowest BCUT2D eigenvalue weighted by Gasteiger charge is -2.55. The Balaban J connectivity index is 1.62. The molecule has 3 saturated carbocycles. The molecule has 5 rings (SSSR count). The maximum atomic E-state index is 15.1. The predicted octanol–water partition coefficient (Wildman–Crippen LogP) is 3.02. The number of epoxide rings is 1. The molecule has 8 atom stereocenters. The summed E-state index contributed by atoms with van der Waals surface area (Å²) >= 11 is 0. The van der Waals surface area contributed by atoms with Gasteiger partial charge in [0.1, 0.15) is 18.1 Å². The van der Waals surface area contributed by atoms with Crippen LogP contribution in [0.1, 0.15) is 46.0 Å². The zero-order chi connectivity index (χ0) is 16.1. The minimum absolute atomic E-state index is 0.0180. The molecule has 0 bridgehead atoms. The second kappa shape index (κ2) is 4.14. The van der Waals surface area contributed by atoms with E-state index in [4.69, 9.17) is 4.74 Å². The zero-order valence-corrected chi connectivity index (χ0v) is 13.7. The molecule has 124 valence electrons. The summed E-state index contributed by atoms with van der Waals surface area (Å²) < 4.78 is 20.7. The van der Waals surface area contributed by atoms with Crippen molar-refractivity contribution in [3.8, 4) is 0 Å². The summed E-state index contributed by atoms with van der Waals surface area (Å²) in [4.78, 5) is 25.3. The van der Waals surface area contributed by atoms with Gasteiger partial charge in [0, 0.05) is 29.6 Å². The van der Waals surface area contributed by atoms with Crippen molar-refractivity contribution < 1.29 is 18.7 Å². The van der Waals surface area contributed by atoms with Gasteiger partial charge in [-0.2, -0.15) is 0 Å². The molecule has 3 nitrogen and oxygen atoms in total. The van der Waals surface area contributed by atoms with Crippen molar-refractivity contribution in [2.24, 2.45) is 28.6 Å². The monoisotopic (exact) mass is 318 g/mol. The van der Waals surface area contributed by atoms with Crippen molar-refractivity contribution in [2.45, 2.75) is 64.3 Å². The van der Waals surface area contributed by atoms with E-state index in [9.17, 15) is 9.59 Å². The van der Waals surface area contributed by atoms with E-state index in [0.717, 1.165) is 24.8 Å². The molecule has 4 fully saturated rings. The van der Waals surface area contributed by atoms with Crippen LogP contribution < -0.4 is 0 Å². The second-order valence-electron chi connectivity index (χ2n) is 8.74. The zero-order valence-electron chi connectivity index (χ0n) is 13.7. The van der Waals surface area contributed by atoms with Gasteiger partial charge in [-0.3, -0.25) is 9.59 Å². The molecule has 23 heavy (non-hydrogen) atoms. The fraction of sp³-hybridized carbons (Fsp3) is 0.789. The fourth-order valence-electron chi connectivity index (χ4n) is 6.45. The first-order chi connectivity index (χ1) is 10.9. The largest absolute Gasteiger partial charge is 0.365 e. The van der Waals surface area contributed by atoms with Crippen molar-refractivity contribution in [2.75, 3.05) is 0 Å². The molecule has 5 aliphatic rings. The minimum Gasteiger partial charge on any atom is -0.365 e. The van der Waals surface area contributed by atoms with Crippen LogP contribution in [0.4, 0.5) is 4.39 Å². The van der Waals surface area contributed by atoms with Gasteiger partial charge in [-0.15, -0.1) is 0 Å². The van der Waals surface area contributed by atoms with Gasteiger partial charge in [-0.1, -0.05) is 13.8 Å². The average Bonchev–Trinajstić information content (AvgIpc) is 3.20. The molecule has 0 N–H and O–H groups in total. The first-order valence-corrected chi connectivity index (χ1v) is 8.96.